The van der Waals surface area contributed by atoms with Crippen LogP contribution in [0.1, 0.15) is 41.0 Å². The summed E-state index contributed by atoms with van der Waals surface area (Å²) in [5.41, 5.74) is 6.20. The first-order chi connectivity index (χ1) is 10.3. The summed E-state index contributed by atoms with van der Waals surface area (Å²) >= 11 is 1.16. The molecule has 3 N–H and O–H groups in total. The van der Waals surface area contributed by atoms with Crippen LogP contribution in [0.15, 0.2) is 0 Å². The van der Waals surface area contributed by atoms with Crippen molar-refractivity contribution in [3.63, 3.8) is 0 Å². The van der Waals surface area contributed by atoms with Crippen LogP contribution in [0, 0.1) is 6.92 Å². The zero-order chi connectivity index (χ0) is 16.3. The van der Waals surface area contributed by atoms with Crippen molar-refractivity contribution in [3.8, 4) is 0 Å². The normalized spacial score (nSPS) is 20.0. The molecule has 2 heterocycles. The first-order valence-electron chi connectivity index (χ1n) is 7.27. The monoisotopic (exact) mass is 346 g/mol. The number of aryl methyl sites for hydroxylation is 1. The Labute approximate surface area is 135 Å². The molecule has 1 aliphatic heterocycles. The highest BCUT2D eigenvalue weighted by molar-refractivity contribution is 7.88. The Morgan fingerprint density at radius 1 is 1.50 bits per heavy atom. The van der Waals surface area contributed by atoms with Crippen LogP contribution < -0.4 is 11.1 Å². The molecule has 2 rings (SSSR count). The quantitative estimate of drug-likeness (QED) is 0.826. The first-order valence-corrected chi connectivity index (χ1v) is 9.93. The van der Waals surface area contributed by atoms with Crippen molar-refractivity contribution in [1.29, 1.82) is 0 Å². The molecule has 0 saturated carbocycles. The molecule has 7 nitrogen and oxygen atoms in total. The van der Waals surface area contributed by atoms with E-state index < -0.39 is 10.0 Å². The average Bonchev–Trinajstić information content (AvgIpc) is 2.77. The maximum absolute atomic E-state index is 12.1. The van der Waals surface area contributed by atoms with Crippen LogP contribution in [-0.4, -0.2) is 49.0 Å². The molecule has 1 saturated heterocycles. The second-order valence-corrected chi connectivity index (χ2v) is 8.50. The average molecular weight is 346 g/mol. The van der Waals surface area contributed by atoms with Crippen molar-refractivity contribution in [2.75, 3.05) is 25.1 Å². The number of anilines is 1. The van der Waals surface area contributed by atoms with E-state index in [1.54, 1.807) is 11.2 Å². The number of nitrogens with two attached hydrogens (primary N) is 1. The van der Waals surface area contributed by atoms with Gasteiger partial charge in [0.2, 0.25) is 10.0 Å². The third kappa shape index (κ3) is 4.17. The predicted octanol–water partition coefficient (Wildman–Crippen LogP) is 0.968. The number of carbonyl (C=O) groups is 1. The van der Waals surface area contributed by atoms with E-state index in [1.807, 2.05) is 0 Å². The van der Waals surface area contributed by atoms with E-state index in [4.69, 9.17) is 5.73 Å². The van der Waals surface area contributed by atoms with Gasteiger partial charge in [-0.15, -0.1) is 0 Å². The van der Waals surface area contributed by atoms with Gasteiger partial charge in [0.25, 0.3) is 5.91 Å². The molecule has 0 spiro atoms. The number of hydrogen-bond donors (Lipinski definition) is 2. The van der Waals surface area contributed by atoms with E-state index in [-0.39, 0.29) is 11.9 Å². The van der Waals surface area contributed by atoms with Crippen LogP contribution in [-0.2, 0) is 10.0 Å². The Morgan fingerprint density at radius 2 is 2.23 bits per heavy atom. The summed E-state index contributed by atoms with van der Waals surface area (Å²) in [4.78, 5) is 16.6. The molecule has 0 radical (unpaired) electrons. The lowest BCUT2D eigenvalue weighted by Gasteiger charge is -2.33. The van der Waals surface area contributed by atoms with Crippen LogP contribution in [0.5, 0.6) is 0 Å². The number of nitrogen functional groups attached to an aromatic ring is 1. The van der Waals surface area contributed by atoms with Crippen molar-refractivity contribution in [2.24, 2.45) is 0 Å². The zero-order valence-electron chi connectivity index (χ0n) is 12.8. The van der Waals surface area contributed by atoms with Gasteiger partial charge in [0.1, 0.15) is 4.88 Å². The SMILES string of the molecule is Cc1nc(N)sc1C(=O)NCCC1CCCCN1S(C)(=O)=O. The standard InChI is InChI=1S/C13H22N4O3S2/c1-9-11(21-13(14)16-9)12(18)15-7-6-10-5-3-4-8-17(10)22(2,19)20/h10H,3-8H2,1-2H3,(H2,14,16)(H,15,18). The number of amides is 1. The van der Waals surface area contributed by atoms with Gasteiger partial charge in [-0.1, -0.05) is 17.8 Å². The fourth-order valence-corrected chi connectivity index (χ4v) is 4.72. The minimum absolute atomic E-state index is 0.0309. The highest BCUT2D eigenvalue weighted by Gasteiger charge is 2.29. The largest absolute Gasteiger partial charge is 0.375 e. The Balaban J connectivity index is 1.89. The lowest BCUT2D eigenvalue weighted by Crippen LogP contribution is -2.44. The molecule has 1 aliphatic rings. The summed E-state index contributed by atoms with van der Waals surface area (Å²) in [6.45, 7) is 2.75. The maximum Gasteiger partial charge on any atom is 0.263 e. The minimum atomic E-state index is -3.19. The lowest BCUT2D eigenvalue weighted by molar-refractivity contribution is 0.0953. The predicted molar refractivity (Wildman–Crippen MR) is 87.4 cm³/mol. The molecule has 124 valence electrons. The smallest absolute Gasteiger partial charge is 0.263 e. The molecule has 9 heteroatoms. The molecule has 0 bridgehead atoms. The number of hydrogen-bond acceptors (Lipinski definition) is 6. The van der Waals surface area contributed by atoms with Crippen molar-refractivity contribution in [1.82, 2.24) is 14.6 Å². The van der Waals surface area contributed by atoms with Crippen LogP contribution in [0.3, 0.4) is 0 Å². The lowest BCUT2D eigenvalue weighted by atomic mass is 10.0. The highest BCUT2D eigenvalue weighted by Crippen LogP contribution is 2.22. The van der Waals surface area contributed by atoms with Crippen LogP contribution in [0.25, 0.3) is 0 Å². The van der Waals surface area contributed by atoms with E-state index in [0.717, 1.165) is 30.6 Å². The van der Waals surface area contributed by atoms with Crippen LogP contribution >= 0.6 is 11.3 Å². The topological polar surface area (TPSA) is 105 Å². The van der Waals surface area contributed by atoms with Gasteiger partial charge >= 0.3 is 0 Å². The molecule has 22 heavy (non-hydrogen) atoms. The molecule has 1 unspecified atom stereocenters. The fraction of sp³-hybridized carbons (Fsp3) is 0.692. The summed E-state index contributed by atoms with van der Waals surface area (Å²) in [5.74, 6) is -0.201. The van der Waals surface area contributed by atoms with Gasteiger partial charge in [0.05, 0.1) is 11.9 Å². The minimum Gasteiger partial charge on any atom is -0.375 e. The van der Waals surface area contributed by atoms with Gasteiger partial charge in [-0.2, -0.15) is 4.31 Å². The fourth-order valence-electron chi connectivity index (χ4n) is 2.76. The van der Waals surface area contributed by atoms with E-state index >= 15 is 0 Å². The number of carbonyl (C=O) groups excluding carboxylic acids is 1. The van der Waals surface area contributed by atoms with E-state index in [2.05, 4.69) is 10.3 Å². The Kier molecular flexibility index (Phi) is 5.41. The second kappa shape index (κ2) is 6.93. The summed E-state index contributed by atoms with van der Waals surface area (Å²) in [6, 6.07) is -0.0309. The molecule has 1 amide bonds. The number of piperidine rings is 1. The van der Waals surface area contributed by atoms with Gasteiger partial charge in [-0.25, -0.2) is 13.4 Å². The first kappa shape index (κ1) is 17.2. The molecule has 1 aromatic rings. The molecular weight excluding hydrogens is 324 g/mol. The van der Waals surface area contributed by atoms with Crippen LogP contribution in [0.4, 0.5) is 5.13 Å². The van der Waals surface area contributed by atoms with E-state index in [1.165, 1.54) is 6.26 Å². The summed E-state index contributed by atoms with van der Waals surface area (Å²) in [6.07, 6.45) is 4.62. The number of thiazole rings is 1. The number of rotatable bonds is 5. The van der Waals surface area contributed by atoms with Gasteiger partial charge < -0.3 is 11.1 Å². The summed E-state index contributed by atoms with van der Waals surface area (Å²) in [7, 11) is -3.19. The summed E-state index contributed by atoms with van der Waals surface area (Å²) < 4.78 is 25.1. The third-order valence-electron chi connectivity index (χ3n) is 3.78. The maximum atomic E-state index is 12.1. The van der Waals surface area contributed by atoms with Gasteiger partial charge in [-0.05, 0) is 26.2 Å². The molecule has 1 aromatic heterocycles. The Bertz CT molecular complexity index is 642. The third-order valence-corrected chi connectivity index (χ3v) is 6.10. The molecule has 1 atom stereocenters. The molecule has 0 aromatic carbocycles. The van der Waals surface area contributed by atoms with Crippen molar-refractivity contribution in [2.45, 2.75) is 38.6 Å². The number of aromatic nitrogens is 1. The van der Waals surface area contributed by atoms with Gasteiger partial charge in [0.15, 0.2) is 5.13 Å². The van der Waals surface area contributed by atoms with Crippen molar-refractivity contribution >= 4 is 32.4 Å². The van der Waals surface area contributed by atoms with E-state index in [0.29, 0.717) is 35.2 Å². The zero-order valence-corrected chi connectivity index (χ0v) is 14.5. The van der Waals surface area contributed by atoms with Crippen molar-refractivity contribution in [3.05, 3.63) is 10.6 Å². The van der Waals surface area contributed by atoms with E-state index in [9.17, 15) is 13.2 Å². The molecule has 0 aliphatic carbocycles. The highest BCUT2D eigenvalue weighted by atomic mass is 32.2. The number of nitrogens with zero attached hydrogens (tertiary/aromatic N) is 2. The van der Waals surface area contributed by atoms with Crippen LogP contribution in [0.2, 0.25) is 0 Å². The second-order valence-electron chi connectivity index (χ2n) is 5.53. The van der Waals surface area contributed by atoms with Gasteiger partial charge in [-0.3, -0.25) is 4.79 Å². The number of nitrogens with one attached hydrogen (secondary N) is 1. The molecule has 1 fully saturated rings. The summed E-state index contributed by atoms with van der Waals surface area (Å²) in [5, 5.41) is 3.20. The molecular formula is C13H22N4O3S2. The van der Waals surface area contributed by atoms with Gasteiger partial charge in [0, 0.05) is 19.1 Å². The Hall–Kier alpha value is -1.19. The number of sulfonamides is 1. The Morgan fingerprint density at radius 3 is 2.82 bits per heavy atom. The van der Waals surface area contributed by atoms with Crippen molar-refractivity contribution < 1.29 is 13.2 Å².